The third-order valence-corrected chi connectivity index (χ3v) is 4.24. The fourth-order valence-electron chi connectivity index (χ4n) is 3.26. The lowest BCUT2D eigenvalue weighted by atomic mass is 9.90. The minimum absolute atomic E-state index is 0.149. The van der Waals surface area contributed by atoms with Crippen LogP contribution < -0.4 is 5.73 Å². The van der Waals surface area contributed by atoms with Crippen molar-refractivity contribution >= 4 is 27.5 Å². The predicted octanol–water partition coefficient (Wildman–Crippen LogP) is 3.95. The molecule has 0 saturated heterocycles. The third kappa shape index (κ3) is 2.92. The van der Waals surface area contributed by atoms with Crippen molar-refractivity contribution in [3.8, 4) is 0 Å². The van der Waals surface area contributed by atoms with E-state index in [-0.39, 0.29) is 5.97 Å². The quantitative estimate of drug-likeness (QED) is 0.573. The zero-order chi connectivity index (χ0) is 16.2. The predicted molar refractivity (Wildman–Crippen MR) is 94.3 cm³/mol. The zero-order valence-electron chi connectivity index (χ0n) is 13.3. The fraction of sp³-hybridized carbons (Fsp3) is 0.250. The van der Waals surface area contributed by atoms with Crippen molar-refractivity contribution in [1.29, 1.82) is 0 Å². The van der Waals surface area contributed by atoms with Gasteiger partial charge in [0.15, 0.2) is 0 Å². The molecule has 0 aromatic heterocycles. The van der Waals surface area contributed by atoms with Gasteiger partial charge in [0, 0.05) is 13.0 Å². The van der Waals surface area contributed by atoms with E-state index in [0.717, 1.165) is 5.56 Å². The number of hydrogen-bond donors (Lipinski definition) is 1. The normalized spacial score (nSPS) is 11.0. The summed E-state index contributed by atoms with van der Waals surface area (Å²) in [5.41, 5.74) is 8.38. The van der Waals surface area contributed by atoms with Crippen molar-refractivity contribution in [1.82, 2.24) is 0 Å². The van der Waals surface area contributed by atoms with Gasteiger partial charge in [-0.15, -0.1) is 0 Å². The number of benzene rings is 3. The van der Waals surface area contributed by atoms with E-state index in [9.17, 15) is 4.79 Å². The highest BCUT2D eigenvalue weighted by Crippen LogP contribution is 2.33. The Balaban J connectivity index is 2.19. The molecule has 0 heterocycles. The summed E-state index contributed by atoms with van der Waals surface area (Å²) in [5.74, 6) is -0.149. The van der Waals surface area contributed by atoms with Crippen molar-refractivity contribution in [2.75, 3.05) is 6.61 Å². The molecule has 2 N–H and O–H groups in total. The van der Waals surface area contributed by atoms with Crippen molar-refractivity contribution in [2.24, 2.45) is 5.73 Å². The zero-order valence-corrected chi connectivity index (χ0v) is 13.3. The van der Waals surface area contributed by atoms with E-state index in [1.165, 1.54) is 27.1 Å². The van der Waals surface area contributed by atoms with Crippen LogP contribution in [0.25, 0.3) is 21.5 Å². The van der Waals surface area contributed by atoms with Gasteiger partial charge in [0.05, 0.1) is 6.61 Å². The smallest absolute Gasteiger partial charge is 0.306 e. The van der Waals surface area contributed by atoms with Gasteiger partial charge in [0.1, 0.15) is 0 Å². The molecule has 3 nitrogen and oxygen atoms in total. The molecule has 3 rings (SSSR count). The summed E-state index contributed by atoms with van der Waals surface area (Å²) in [6, 6.07) is 16.6. The van der Waals surface area contributed by atoms with E-state index in [1.54, 1.807) is 0 Å². The maximum Gasteiger partial charge on any atom is 0.306 e. The summed E-state index contributed by atoms with van der Waals surface area (Å²) in [6.45, 7) is 2.75. The number of aryl methyl sites for hydroxylation is 1. The molecule has 0 radical (unpaired) electrons. The second kappa shape index (κ2) is 6.80. The summed E-state index contributed by atoms with van der Waals surface area (Å²) in [4.78, 5) is 11.8. The average molecular weight is 307 g/mol. The summed E-state index contributed by atoms with van der Waals surface area (Å²) in [5, 5.41) is 4.70. The summed E-state index contributed by atoms with van der Waals surface area (Å²) in [7, 11) is 0. The molecule has 0 aliphatic rings. The van der Waals surface area contributed by atoms with Crippen molar-refractivity contribution in [3.63, 3.8) is 0 Å². The van der Waals surface area contributed by atoms with Crippen molar-refractivity contribution < 1.29 is 9.53 Å². The first-order chi connectivity index (χ1) is 11.3. The van der Waals surface area contributed by atoms with Gasteiger partial charge in [0.2, 0.25) is 0 Å². The molecule has 3 aromatic rings. The fourth-order valence-corrected chi connectivity index (χ4v) is 3.26. The van der Waals surface area contributed by atoms with Gasteiger partial charge >= 0.3 is 5.97 Å². The minimum atomic E-state index is -0.149. The van der Waals surface area contributed by atoms with Crippen LogP contribution in [0.5, 0.6) is 0 Å². The summed E-state index contributed by atoms with van der Waals surface area (Å²) < 4.78 is 5.07. The Morgan fingerprint density at radius 3 is 1.83 bits per heavy atom. The molecule has 0 unspecified atom stereocenters. The van der Waals surface area contributed by atoms with Gasteiger partial charge in [-0.05, 0) is 46.0 Å². The number of rotatable bonds is 5. The van der Waals surface area contributed by atoms with Gasteiger partial charge in [-0.25, -0.2) is 0 Å². The molecule has 3 heteroatoms. The minimum Gasteiger partial charge on any atom is -0.466 e. The van der Waals surface area contributed by atoms with Gasteiger partial charge in [-0.3, -0.25) is 4.79 Å². The van der Waals surface area contributed by atoms with Gasteiger partial charge in [-0.1, -0.05) is 48.5 Å². The maximum absolute atomic E-state index is 11.8. The monoisotopic (exact) mass is 307 g/mol. The van der Waals surface area contributed by atoms with Crippen LogP contribution in [0.2, 0.25) is 0 Å². The number of hydrogen-bond acceptors (Lipinski definition) is 3. The number of esters is 1. The Morgan fingerprint density at radius 1 is 0.913 bits per heavy atom. The molecule has 0 amide bonds. The number of carbonyl (C=O) groups is 1. The molecule has 0 aliphatic heterocycles. The van der Waals surface area contributed by atoms with E-state index in [1.807, 2.05) is 31.2 Å². The van der Waals surface area contributed by atoms with E-state index in [2.05, 4.69) is 24.3 Å². The average Bonchev–Trinajstić information content (AvgIpc) is 2.59. The lowest BCUT2D eigenvalue weighted by Gasteiger charge is -2.15. The Hall–Kier alpha value is -2.39. The van der Waals surface area contributed by atoms with E-state index in [0.29, 0.717) is 26.0 Å². The summed E-state index contributed by atoms with van der Waals surface area (Å²) in [6.07, 6.45) is 1.06. The number of ether oxygens (including phenoxy) is 1. The third-order valence-electron chi connectivity index (χ3n) is 4.24. The molecule has 0 fully saturated rings. The molecule has 0 spiro atoms. The highest BCUT2D eigenvalue weighted by Gasteiger charge is 2.13. The van der Waals surface area contributed by atoms with E-state index >= 15 is 0 Å². The van der Waals surface area contributed by atoms with Crippen LogP contribution in [-0.2, 0) is 22.5 Å². The topological polar surface area (TPSA) is 52.3 Å². The van der Waals surface area contributed by atoms with Crippen LogP contribution in [0.1, 0.15) is 24.5 Å². The SMILES string of the molecule is CCOC(=O)CCc1c2ccccc2c(CN)c2ccccc12. The first-order valence-electron chi connectivity index (χ1n) is 8.03. The number of nitrogens with two attached hydrogens (primary N) is 1. The molecular weight excluding hydrogens is 286 g/mol. The van der Waals surface area contributed by atoms with Crippen LogP contribution in [0.15, 0.2) is 48.5 Å². The molecule has 0 aliphatic carbocycles. The lowest BCUT2D eigenvalue weighted by molar-refractivity contribution is -0.143. The first kappa shape index (κ1) is 15.5. The molecule has 0 saturated carbocycles. The number of carbonyl (C=O) groups excluding carboxylic acids is 1. The van der Waals surface area contributed by atoms with Gasteiger partial charge < -0.3 is 10.5 Å². The Labute approximate surface area is 136 Å². The molecular formula is C20H21NO2. The standard InChI is InChI=1S/C20H21NO2/c1-2-23-20(22)12-11-18-14-7-3-5-9-16(14)19(13-21)17-10-6-4-8-15(17)18/h3-10H,2,11-13,21H2,1H3. The van der Waals surface area contributed by atoms with Crippen LogP contribution >= 0.6 is 0 Å². The molecule has 3 aromatic carbocycles. The lowest BCUT2D eigenvalue weighted by Crippen LogP contribution is -2.07. The second-order valence-corrected chi connectivity index (χ2v) is 5.56. The second-order valence-electron chi connectivity index (χ2n) is 5.56. The first-order valence-corrected chi connectivity index (χ1v) is 8.03. The van der Waals surface area contributed by atoms with Gasteiger partial charge in [-0.2, -0.15) is 0 Å². The van der Waals surface area contributed by atoms with Crippen molar-refractivity contribution in [2.45, 2.75) is 26.3 Å². The largest absolute Gasteiger partial charge is 0.466 e. The maximum atomic E-state index is 11.8. The highest BCUT2D eigenvalue weighted by molar-refractivity contribution is 6.06. The molecule has 0 atom stereocenters. The molecule has 23 heavy (non-hydrogen) atoms. The van der Waals surface area contributed by atoms with E-state index < -0.39 is 0 Å². The van der Waals surface area contributed by atoms with Gasteiger partial charge in [0.25, 0.3) is 0 Å². The molecule has 118 valence electrons. The number of fused-ring (bicyclic) bond motifs is 2. The van der Waals surface area contributed by atoms with Crippen LogP contribution in [0, 0.1) is 0 Å². The van der Waals surface area contributed by atoms with Crippen LogP contribution in [0.4, 0.5) is 0 Å². The van der Waals surface area contributed by atoms with Crippen LogP contribution in [-0.4, -0.2) is 12.6 Å². The van der Waals surface area contributed by atoms with E-state index in [4.69, 9.17) is 10.5 Å². The van der Waals surface area contributed by atoms with Crippen LogP contribution in [0.3, 0.4) is 0 Å². The Morgan fingerprint density at radius 2 is 1.39 bits per heavy atom. The highest BCUT2D eigenvalue weighted by atomic mass is 16.5. The van der Waals surface area contributed by atoms with Crippen molar-refractivity contribution in [3.05, 3.63) is 59.7 Å². The Kier molecular flexibility index (Phi) is 4.58. The Bertz CT molecular complexity index is 798. The summed E-state index contributed by atoms with van der Waals surface area (Å²) >= 11 is 0. The molecule has 0 bridgehead atoms.